The number of ketones is 1. The highest BCUT2D eigenvalue weighted by Gasteiger charge is 2.67. The summed E-state index contributed by atoms with van der Waals surface area (Å²) in [4.78, 5) is 27.9. The van der Waals surface area contributed by atoms with Gasteiger partial charge in [0.1, 0.15) is 5.75 Å². The zero-order valence-corrected chi connectivity index (χ0v) is 19.6. The van der Waals surface area contributed by atoms with E-state index in [1.54, 1.807) is 23.1 Å². The number of Topliss-reactive ketones (excluding diaryl/α,β-unsaturated/α-hetero) is 1. The van der Waals surface area contributed by atoms with Gasteiger partial charge in [0.15, 0.2) is 15.6 Å². The van der Waals surface area contributed by atoms with Crippen molar-refractivity contribution in [1.82, 2.24) is 0 Å². The fourth-order valence-electron chi connectivity index (χ4n) is 4.95. The third-order valence-electron chi connectivity index (χ3n) is 6.52. The summed E-state index contributed by atoms with van der Waals surface area (Å²) >= 11 is 6.05. The van der Waals surface area contributed by atoms with Gasteiger partial charge in [-0.15, -0.1) is 0 Å². The Balaban J connectivity index is 1.45. The molecular weight excluding hydrogens is 458 g/mol. The molecule has 2 aliphatic rings. The van der Waals surface area contributed by atoms with Crippen molar-refractivity contribution < 1.29 is 18.0 Å². The summed E-state index contributed by atoms with van der Waals surface area (Å²) in [5.41, 5.74) is 3.54. The minimum atomic E-state index is -3.42. The van der Waals surface area contributed by atoms with E-state index in [4.69, 9.17) is 11.6 Å². The number of halogens is 1. The highest BCUT2D eigenvalue weighted by molar-refractivity contribution is 7.91. The van der Waals surface area contributed by atoms with Gasteiger partial charge in [-0.2, -0.15) is 0 Å². The van der Waals surface area contributed by atoms with E-state index in [9.17, 15) is 18.0 Å². The molecule has 0 aromatic heterocycles. The molecular formula is C26H22ClNO4S. The molecule has 3 aromatic rings. The number of benzene rings is 3. The highest BCUT2D eigenvalue weighted by atomic mass is 35.5. The zero-order chi connectivity index (χ0) is 23.4. The van der Waals surface area contributed by atoms with E-state index in [2.05, 4.69) is 0 Å². The van der Waals surface area contributed by atoms with Gasteiger partial charge in [-0.05, 0) is 47.4 Å². The Labute approximate surface area is 197 Å². The normalized spacial score (nSPS) is 21.3. The topological polar surface area (TPSA) is 71.5 Å². The highest BCUT2D eigenvalue weighted by Crippen LogP contribution is 2.66. The van der Waals surface area contributed by atoms with Crippen LogP contribution in [0, 0.1) is 0 Å². The van der Waals surface area contributed by atoms with Crippen LogP contribution >= 0.6 is 11.6 Å². The van der Waals surface area contributed by atoms with Crippen LogP contribution in [0.2, 0.25) is 5.02 Å². The second kappa shape index (κ2) is 7.82. The van der Waals surface area contributed by atoms with Gasteiger partial charge in [-0.3, -0.25) is 9.59 Å². The molecule has 1 saturated carbocycles. The van der Waals surface area contributed by atoms with Crippen LogP contribution in [-0.4, -0.2) is 32.1 Å². The maximum atomic E-state index is 13.8. The van der Waals surface area contributed by atoms with Gasteiger partial charge in [0.2, 0.25) is 5.91 Å². The van der Waals surface area contributed by atoms with Crippen molar-refractivity contribution in [3.05, 3.63) is 100 Å². The molecule has 0 saturated heterocycles. The van der Waals surface area contributed by atoms with Gasteiger partial charge in [0.05, 0.1) is 12.0 Å². The molecule has 1 aliphatic carbocycles. The van der Waals surface area contributed by atoms with Crippen LogP contribution < -0.4 is 4.90 Å². The monoisotopic (exact) mass is 479 g/mol. The van der Waals surface area contributed by atoms with Gasteiger partial charge in [0.25, 0.3) is 0 Å². The van der Waals surface area contributed by atoms with Gasteiger partial charge >= 0.3 is 0 Å². The number of carbonyl (C=O) groups excluding carboxylic acids is 2. The Morgan fingerprint density at radius 1 is 1.06 bits per heavy atom. The summed E-state index contributed by atoms with van der Waals surface area (Å²) in [5.74, 6) is -0.838. The van der Waals surface area contributed by atoms with E-state index in [0.29, 0.717) is 17.1 Å². The van der Waals surface area contributed by atoms with Crippen molar-refractivity contribution >= 4 is 38.8 Å². The molecule has 1 aliphatic heterocycles. The maximum Gasteiger partial charge on any atom is 0.238 e. The summed E-state index contributed by atoms with van der Waals surface area (Å²) < 4.78 is 23.0. The quantitative estimate of drug-likeness (QED) is 0.487. The molecule has 1 heterocycles. The number of rotatable bonds is 6. The summed E-state index contributed by atoms with van der Waals surface area (Å²) in [6.45, 7) is 0.310. The van der Waals surface area contributed by atoms with Crippen molar-refractivity contribution in [2.45, 2.75) is 24.3 Å². The summed E-state index contributed by atoms with van der Waals surface area (Å²) in [6, 6.07) is 22.4. The fourth-order valence-corrected chi connectivity index (χ4v) is 5.72. The van der Waals surface area contributed by atoms with Crippen molar-refractivity contribution in [3.63, 3.8) is 0 Å². The van der Waals surface area contributed by atoms with Crippen molar-refractivity contribution in [1.29, 1.82) is 0 Å². The minimum absolute atomic E-state index is 0.0523. The molecule has 0 radical (unpaired) electrons. The second-order valence-electron chi connectivity index (χ2n) is 8.88. The number of para-hydroxylation sites is 1. The number of anilines is 1. The Morgan fingerprint density at radius 3 is 2.52 bits per heavy atom. The molecule has 0 unspecified atom stereocenters. The Hall–Kier alpha value is -2.96. The third kappa shape index (κ3) is 3.87. The Morgan fingerprint density at radius 2 is 1.79 bits per heavy atom. The van der Waals surface area contributed by atoms with E-state index >= 15 is 0 Å². The van der Waals surface area contributed by atoms with E-state index in [-0.39, 0.29) is 11.8 Å². The molecule has 7 heteroatoms. The first kappa shape index (κ1) is 21.9. The lowest BCUT2D eigenvalue weighted by Crippen LogP contribution is -2.32. The van der Waals surface area contributed by atoms with Gasteiger partial charge < -0.3 is 4.90 Å². The molecule has 0 bridgehead atoms. The molecule has 33 heavy (non-hydrogen) atoms. The third-order valence-corrected chi connectivity index (χ3v) is 7.56. The first-order chi connectivity index (χ1) is 15.7. The lowest BCUT2D eigenvalue weighted by atomic mass is 9.92. The van der Waals surface area contributed by atoms with Gasteiger partial charge in [-0.1, -0.05) is 60.1 Å². The number of nitrogens with zero attached hydrogens (tertiary/aromatic N) is 1. The first-order valence-electron chi connectivity index (χ1n) is 10.7. The van der Waals surface area contributed by atoms with Crippen LogP contribution in [0.3, 0.4) is 0 Å². The second-order valence-corrected chi connectivity index (χ2v) is 11.5. The predicted octanol–water partition coefficient (Wildman–Crippen LogP) is 4.54. The standard InChI is InChI=1S/C26H22ClNO4S/c1-33(31,32)16-24(29)19-6-4-5-17(13-19)15-28-23-8-3-2-7-21(23)26(25(28)30)14-22(26)18-9-11-20(27)12-10-18/h2-13,22H,14-16H2,1H3/t22-,26-/m1/s1. The number of hydrogen-bond donors (Lipinski definition) is 0. The molecule has 168 valence electrons. The number of carbonyl (C=O) groups is 2. The Kier molecular flexibility index (Phi) is 5.18. The van der Waals surface area contributed by atoms with Crippen molar-refractivity contribution in [2.24, 2.45) is 0 Å². The first-order valence-corrected chi connectivity index (χ1v) is 13.1. The summed E-state index contributed by atoms with van der Waals surface area (Å²) in [5, 5.41) is 0.665. The van der Waals surface area contributed by atoms with E-state index in [1.165, 1.54) is 0 Å². The molecule has 5 nitrogen and oxygen atoms in total. The lowest BCUT2D eigenvalue weighted by Gasteiger charge is -2.19. The van der Waals surface area contributed by atoms with Crippen LogP contribution in [0.25, 0.3) is 0 Å². The largest absolute Gasteiger partial charge is 0.307 e. The Bertz CT molecular complexity index is 1380. The van der Waals surface area contributed by atoms with Crippen LogP contribution in [0.1, 0.15) is 39.4 Å². The van der Waals surface area contributed by atoms with Crippen LogP contribution in [0.4, 0.5) is 5.69 Å². The van der Waals surface area contributed by atoms with Gasteiger partial charge in [-0.25, -0.2) is 8.42 Å². The van der Waals surface area contributed by atoms with E-state index in [1.807, 2.05) is 54.6 Å². The average Bonchev–Trinajstić information content (AvgIpc) is 3.48. The van der Waals surface area contributed by atoms with Crippen LogP contribution in [0.15, 0.2) is 72.8 Å². The SMILES string of the molecule is CS(=O)(=O)CC(=O)c1cccc(CN2C(=O)[C@]3(C[C@@H]3c3ccc(Cl)cc3)c3ccccc32)c1. The predicted molar refractivity (Wildman–Crippen MR) is 129 cm³/mol. The van der Waals surface area contributed by atoms with Gasteiger partial charge in [0, 0.05) is 28.4 Å². The number of sulfone groups is 1. The zero-order valence-electron chi connectivity index (χ0n) is 18.0. The summed E-state index contributed by atoms with van der Waals surface area (Å²) in [7, 11) is -3.42. The average molecular weight is 480 g/mol. The molecule has 1 fully saturated rings. The van der Waals surface area contributed by atoms with Crippen LogP contribution in [0.5, 0.6) is 0 Å². The fraction of sp³-hybridized carbons (Fsp3) is 0.231. The molecule has 0 N–H and O–H groups in total. The maximum absolute atomic E-state index is 13.8. The van der Waals surface area contributed by atoms with E-state index < -0.39 is 26.8 Å². The number of amides is 1. The minimum Gasteiger partial charge on any atom is -0.307 e. The van der Waals surface area contributed by atoms with Crippen LogP contribution in [-0.2, 0) is 26.6 Å². The molecule has 2 atom stereocenters. The van der Waals surface area contributed by atoms with Crippen molar-refractivity contribution in [2.75, 3.05) is 16.9 Å². The lowest BCUT2D eigenvalue weighted by molar-refractivity contribution is -0.120. The molecule has 1 spiro atoms. The summed E-state index contributed by atoms with van der Waals surface area (Å²) in [6.07, 6.45) is 1.79. The van der Waals surface area contributed by atoms with Crippen molar-refractivity contribution in [3.8, 4) is 0 Å². The molecule has 3 aromatic carbocycles. The number of fused-ring (bicyclic) bond motifs is 2. The number of hydrogen-bond acceptors (Lipinski definition) is 4. The molecule has 1 amide bonds. The van der Waals surface area contributed by atoms with E-state index in [0.717, 1.165) is 35.1 Å². The molecule has 5 rings (SSSR count). The smallest absolute Gasteiger partial charge is 0.238 e.